The Bertz CT molecular complexity index is 585. The van der Waals surface area contributed by atoms with E-state index in [-0.39, 0.29) is 11.9 Å². The molecule has 0 saturated carbocycles. The van der Waals surface area contributed by atoms with Gasteiger partial charge in [-0.25, -0.2) is 0 Å². The number of rotatable bonds is 5. The van der Waals surface area contributed by atoms with Crippen LogP contribution in [0.25, 0.3) is 0 Å². The maximum atomic E-state index is 12.3. The van der Waals surface area contributed by atoms with Crippen LogP contribution in [0.5, 0.6) is 0 Å². The molecule has 4 nitrogen and oxygen atoms in total. The molecule has 0 unspecified atom stereocenters. The summed E-state index contributed by atoms with van der Waals surface area (Å²) in [4.78, 5) is 15.5. The van der Waals surface area contributed by atoms with Crippen molar-refractivity contribution in [3.8, 4) is 0 Å². The number of furan rings is 1. The molecule has 21 heavy (non-hydrogen) atoms. The maximum Gasteiger partial charge on any atom is 0.261 e. The molecule has 2 aromatic heterocycles. The van der Waals surface area contributed by atoms with E-state index in [4.69, 9.17) is 4.42 Å². The lowest BCUT2D eigenvalue weighted by molar-refractivity contribution is 0.0937. The average Bonchev–Trinajstić information content (AvgIpc) is 3.21. The second-order valence-electron chi connectivity index (χ2n) is 5.42. The summed E-state index contributed by atoms with van der Waals surface area (Å²) >= 11 is 1.49. The summed E-state index contributed by atoms with van der Waals surface area (Å²) in [6.45, 7) is 4.69. The van der Waals surface area contributed by atoms with Gasteiger partial charge in [0.1, 0.15) is 5.76 Å². The van der Waals surface area contributed by atoms with E-state index >= 15 is 0 Å². The predicted octanol–water partition coefficient (Wildman–Crippen LogP) is 3.22. The highest BCUT2D eigenvalue weighted by Gasteiger charge is 2.26. The van der Waals surface area contributed by atoms with Gasteiger partial charge < -0.3 is 9.73 Å². The van der Waals surface area contributed by atoms with Crippen LogP contribution in [0.15, 0.2) is 34.3 Å². The van der Waals surface area contributed by atoms with Gasteiger partial charge in [-0.3, -0.25) is 9.69 Å². The first-order valence-electron chi connectivity index (χ1n) is 7.35. The van der Waals surface area contributed by atoms with Crippen LogP contribution in [-0.2, 0) is 0 Å². The normalized spacial score (nSPS) is 17.0. The Morgan fingerprint density at radius 3 is 2.86 bits per heavy atom. The first-order chi connectivity index (χ1) is 10.3. The molecule has 3 rings (SSSR count). The lowest BCUT2D eigenvalue weighted by atomic mass is 10.2. The number of carbonyl (C=O) groups excluding carboxylic acids is 1. The summed E-state index contributed by atoms with van der Waals surface area (Å²) in [5, 5.41) is 5.01. The molecule has 112 valence electrons. The van der Waals surface area contributed by atoms with E-state index in [0.29, 0.717) is 6.54 Å². The van der Waals surface area contributed by atoms with Gasteiger partial charge in [-0.15, -0.1) is 11.3 Å². The first kappa shape index (κ1) is 14.4. The summed E-state index contributed by atoms with van der Waals surface area (Å²) in [5.74, 6) is 0.943. The predicted molar refractivity (Wildman–Crippen MR) is 83.6 cm³/mol. The summed E-state index contributed by atoms with van der Waals surface area (Å²) < 4.78 is 5.56. The first-order valence-corrected chi connectivity index (χ1v) is 8.23. The van der Waals surface area contributed by atoms with Crippen LogP contribution in [0.2, 0.25) is 0 Å². The van der Waals surface area contributed by atoms with Crippen molar-refractivity contribution in [2.75, 3.05) is 19.6 Å². The van der Waals surface area contributed by atoms with Crippen molar-refractivity contribution >= 4 is 17.2 Å². The average molecular weight is 304 g/mol. The summed E-state index contributed by atoms with van der Waals surface area (Å²) in [7, 11) is 0. The van der Waals surface area contributed by atoms with Crippen molar-refractivity contribution < 1.29 is 9.21 Å². The molecule has 1 atom stereocenters. The number of likely N-dealkylation sites (tertiary alicyclic amines) is 1. The SMILES string of the molecule is Cc1ccsc1C(=O)NC[C@H](c1ccco1)N1CCCC1. The van der Waals surface area contributed by atoms with Crippen LogP contribution >= 0.6 is 11.3 Å². The third-order valence-electron chi connectivity index (χ3n) is 3.98. The highest BCUT2D eigenvalue weighted by Crippen LogP contribution is 2.25. The summed E-state index contributed by atoms with van der Waals surface area (Å²) in [5.41, 5.74) is 1.04. The molecule has 0 aliphatic carbocycles. The maximum absolute atomic E-state index is 12.3. The van der Waals surface area contributed by atoms with Crippen molar-refractivity contribution in [1.82, 2.24) is 10.2 Å². The van der Waals surface area contributed by atoms with Gasteiger partial charge in [0, 0.05) is 6.54 Å². The van der Waals surface area contributed by atoms with Gasteiger partial charge in [-0.2, -0.15) is 0 Å². The number of amides is 1. The Hall–Kier alpha value is -1.59. The minimum Gasteiger partial charge on any atom is -0.468 e. The fourth-order valence-corrected chi connectivity index (χ4v) is 3.66. The third kappa shape index (κ3) is 3.19. The number of thiophene rings is 1. The molecule has 0 bridgehead atoms. The fraction of sp³-hybridized carbons (Fsp3) is 0.438. The van der Waals surface area contributed by atoms with Gasteiger partial charge in [0.15, 0.2) is 0 Å². The quantitative estimate of drug-likeness (QED) is 0.922. The largest absolute Gasteiger partial charge is 0.468 e. The van der Waals surface area contributed by atoms with Gasteiger partial charge in [-0.05, 0) is 62.0 Å². The van der Waals surface area contributed by atoms with Gasteiger partial charge in [0.05, 0.1) is 17.2 Å². The van der Waals surface area contributed by atoms with E-state index < -0.39 is 0 Å². The molecule has 1 aliphatic heterocycles. The molecule has 1 N–H and O–H groups in total. The van der Waals surface area contributed by atoms with Crippen LogP contribution in [0.4, 0.5) is 0 Å². The van der Waals surface area contributed by atoms with Gasteiger partial charge in [0.2, 0.25) is 0 Å². The Kier molecular flexibility index (Phi) is 4.41. The van der Waals surface area contributed by atoms with E-state index in [1.165, 1.54) is 24.2 Å². The van der Waals surface area contributed by atoms with Crippen LogP contribution in [-0.4, -0.2) is 30.4 Å². The van der Waals surface area contributed by atoms with Gasteiger partial charge in [-0.1, -0.05) is 0 Å². The number of hydrogen-bond acceptors (Lipinski definition) is 4. The van der Waals surface area contributed by atoms with Crippen molar-refractivity contribution in [3.05, 3.63) is 46.0 Å². The monoisotopic (exact) mass is 304 g/mol. The highest BCUT2D eigenvalue weighted by molar-refractivity contribution is 7.12. The molecule has 1 saturated heterocycles. The molecule has 1 amide bonds. The summed E-state index contributed by atoms with van der Waals surface area (Å²) in [6.07, 6.45) is 4.13. The Morgan fingerprint density at radius 2 is 2.24 bits per heavy atom. The van der Waals surface area contributed by atoms with E-state index in [0.717, 1.165) is 29.3 Å². The summed E-state index contributed by atoms with van der Waals surface area (Å²) in [6, 6.07) is 6.01. The van der Waals surface area contributed by atoms with E-state index in [9.17, 15) is 4.79 Å². The van der Waals surface area contributed by atoms with Crippen molar-refractivity contribution in [1.29, 1.82) is 0 Å². The van der Waals surface area contributed by atoms with E-state index in [1.54, 1.807) is 6.26 Å². The lowest BCUT2D eigenvalue weighted by Gasteiger charge is -2.25. The molecule has 2 aromatic rings. The van der Waals surface area contributed by atoms with E-state index in [1.807, 2.05) is 30.5 Å². The number of carbonyl (C=O) groups is 1. The van der Waals surface area contributed by atoms with Crippen LogP contribution in [0, 0.1) is 6.92 Å². The van der Waals surface area contributed by atoms with Gasteiger partial charge >= 0.3 is 0 Å². The second kappa shape index (κ2) is 6.45. The Labute approximate surface area is 128 Å². The molecule has 3 heterocycles. The molecular formula is C16H20N2O2S. The molecule has 1 fully saturated rings. The smallest absolute Gasteiger partial charge is 0.261 e. The minimum atomic E-state index is 0.0123. The molecule has 0 radical (unpaired) electrons. The molecule has 0 spiro atoms. The second-order valence-corrected chi connectivity index (χ2v) is 6.33. The standard InChI is InChI=1S/C16H20N2O2S/c1-12-6-10-21-15(12)16(19)17-11-13(14-5-4-9-20-14)18-7-2-3-8-18/h4-6,9-10,13H,2-3,7-8,11H2,1H3,(H,17,19)/t13-/m1/s1. The Morgan fingerprint density at radius 1 is 1.43 bits per heavy atom. The van der Waals surface area contributed by atoms with Gasteiger partial charge in [0.25, 0.3) is 5.91 Å². The molecule has 5 heteroatoms. The van der Waals surface area contributed by atoms with Crippen molar-refractivity contribution in [2.45, 2.75) is 25.8 Å². The van der Waals surface area contributed by atoms with Crippen LogP contribution < -0.4 is 5.32 Å². The number of hydrogen-bond donors (Lipinski definition) is 1. The number of aryl methyl sites for hydroxylation is 1. The topological polar surface area (TPSA) is 45.5 Å². The fourth-order valence-electron chi connectivity index (χ4n) is 2.82. The zero-order chi connectivity index (χ0) is 14.7. The molecular weight excluding hydrogens is 284 g/mol. The minimum absolute atomic E-state index is 0.0123. The number of nitrogens with one attached hydrogen (secondary N) is 1. The third-order valence-corrected chi connectivity index (χ3v) is 4.99. The molecule has 1 aliphatic rings. The highest BCUT2D eigenvalue weighted by atomic mass is 32.1. The van der Waals surface area contributed by atoms with Crippen LogP contribution in [0.1, 0.15) is 39.9 Å². The molecule has 0 aromatic carbocycles. The van der Waals surface area contributed by atoms with E-state index in [2.05, 4.69) is 10.2 Å². The van der Waals surface area contributed by atoms with Crippen LogP contribution in [0.3, 0.4) is 0 Å². The van der Waals surface area contributed by atoms with Crippen molar-refractivity contribution in [3.63, 3.8) is 0 Å². The zero-order valence-electron chi connectivity index (χ0n) is 12.2. The van der Waals surface area contributed by atoms with Crippen molar-refractivity contribution in [2.24, 2.45) is 0 Å². The Balaban J connectivity index is 1.67. The lowest BCUT2D eigenvalue weighted by Crippen LogP contribution is -2.36. The number of nitrogens with zero attached hydrogens (tertiary/aromatic N) is 1. The zero-order valence-corrected chi connectivity index (χ0v) is 13.0.